The molecule has 4 rings (SSSR count). The molecular weight excluding hydrogens is 1100 g/mol. The van der Waals surface area contributed by atoms with Crippen LogP contribution in [0, 0.1) is 0 Å². The summed E-state index contributed by atoms with van der Waals surface area (Å²) in [5.41, 5.74) is 19.0. The van der Waals surface area contributed by atoms with Gasteiger partial charge in [0, 0.05) is 74.6 Å². The third-order valence-corrected chi connectivity index (χ3v) is 13.7. The fraction of sp³-hybridized carbons (Fsp3) is 0.491. The number of para-hydroxylation sites is 1. The number of aromatic amines is 2. The van der Waals surface area contributed by atoms with Gasteiger partial charge in [0.1, 0.15) is 54.6 Å². The molecule has 8 amide bonds. The summed E-state index contributed by atoms with van der Waals surface area (Å²) < 4.78 is 0. The number of fused-ring (bicyclic) bond motifs is 1. The molecule has 0 spiro atoms. The zero-order valence-corrected chi connectivity index (χ0v) is 47.9. The number of carbonyl (C=O) groups excluding carboxylic acids is 9. The average Bonchev–Trinajstić information content (AvgIpc) is 4.39. The Morgan fingerprint density at radius 2 is 1.09 bits per heavy atom. The number of hydrogen-bond donors (Lipinski definition) is 15. The van der Waals surface area contributed by atoms with Gasteiger partial charge in [0.15, 0.2) is 5.96 Å². The highest BCUT2D eigenvalue weighted by atomic mass is 16.4. The predicted molar refractivity (Wildman–Crippen MR) is 312 cm³/mol. The van der Waals surface area contributed by atoms with Crippen LogP contribution in [0.3, 0.4) is 0 Å². The molecule has 0 saturated heterocycles. The monoisotopic (exact) mass is 1180 g/mol. The van der Waals surface area contributed by atoms with Crippen molar-refractivity contribution in [1.29, 1.82) is 0 Å². The third kappa shape index (κ3) is 24.3. The molecule has 28 nitrogen and oxygen atoms in total. The van der Waals surface area contributed by atoms with Gasteiger partial charge in [-0.25, -0.2) is 9.78 Å². The Bertz CT molecular complexity index is 2880. The van der Waals surface area contributed by atoms with E-state index in [2.05, 4.69) is 62.5 Å². The number of carboxylic acid groups (broad SMARTS) is 2. The molecule has 0 bridgehead atoms. The Kier molecular flexibility index (Phi) is 29.2. The van der Waals surface area contributed by atoms with E-state index in [0.29, 0.717) is 59.7 Å². The number of nitrogens with one attached hydrogen (secondary N) is 10. The Labute approximate surface area is 491 Å². The van der Waals surface area contributed by atoms with Crippen molar-refractivity contribution < 1.29 is 63.0 Å². The quantitative estimate of drug-likeness (QED) is 0.0116. The van der Waals surface area contributed by atoms with E-state index in [1.807, 2.05) is 6.92 Å². The predicted octanol–water partition coefficient (Wildman–Crippen LogP) is -0.491. The van der Waals surface area contributed by atoms with Crippen LogP contribution in [0.15, 0.2) is 78.3 Å². The number of guanidine groups is 1. The van der Waals surface area contributed by atoms with E-state index in [4.69, 9.17) is 17.2 Å². The maximum absolute atomic E-state index is 14.9. The highest BCUT2D eigenvalue weighted by molar-refractivity contribution is 5.99. The minimum atomic E-state index is -1.50. The van der Waals surface area contributed by atoms with Crippen molar-refractivity contribution in [3.8, 4) is 0 Å². The van der Waals surface area contributed by atoms with Crippen molar-refractivity contribution in [3.63, 3.8) is 0 Å². The molecule has 0 aliphatic rings. The topological polar surface area (TPSA) is 459 Å². The number of amides is 8. The van der Waals surface area contributed by atoms with E-state index >= 15 is 0 Å². The molecule has 0 saturated carbocycles. The number of aromatic nitrogens is 3. The van der Waals surface area contributed by atoms with Gasteiger partial charge in [-0.2, -0.15) is 0 Å². The standard InChI is InChI=1S/C57H81N15O13/c1-3-4-18-40(65-34(2)74)49(77)68-43(24-27-73)52(80)72-47(30-37-32-61-33-64-37)55(83)70-45(28-35-15-6-5-7-16-35)53(81)67-42(22-14-26-62-57(59)60)51(79)71-46(29-36-31-63-39-19-9-8-17-38(36)39)54(82)66-41(20-10-11-23-48(75)76)50(78)69-44(56(84)85)21-12-13-25-58/h5-9,15-17,19,27,31-33,40-47,63H,3-4,10-14,18,20-26,28-30,58H2,1-2H3,(H,61,64)(H,65,74)(H,66,82)(H,67,81)(H,68,77)(H,69,78)(H,70,83)(H,71,79)(H,72,80)(H,75,76)(H,84,85)(H4,59,60,62)/t40-,41-,42-,43-,44-,45+,46-,47-/m0/s1. The Morgan fingerprint density at radius 3 is 1.66 bits per heavy atom. The first-order valence-electron chi connectivity index (χ1n) is 28.3. The van der Waals surface area contributed by atoms with Crippen molar-refractivity contribution >= 4 is 82.3 Å². The maximum Gasteiger partial charge on any atom is 0.326 e. The van der Waals surface area contributed by atoms with E-state index < -0.39 is 114 Å². The summed E-state index contributed by atoms with van der Waals surface area (Å²) in [6.45, 7) is 3.39. The Hall–Kier alpha value is -9.21. The third-order valence-electron chi connectivity index (χ3n) is 13.7. The van der Waals surface area contributed by atoms with E-state index in [1.165, 1.54) is 19.4 Å². The minimum absolute atomic E-state index is 0.0131. The zero-order valence-electron chi connectivity index (χ0n) is 47.9. The summed E-state index contributed by atoms with van der Waals surface area (Å²) in [5, 5.41) is 41.0. The highest BCUT2D eigenvalue weighted by Crippen LogP contribution is 2.20. The number of H-pyrrole nitrogens is 2. The Balaban J connectivity index is 1.72. The molecule has 462 valence electrons. The molecule has 0 unspecified atom stereocenters. The first-order valence-corrected chi connectivity index (χ1v) is 28.3. The fourth-order valence-corrected chi connectivity index (χ4v) is 9.19. The summed E-state index contributed by atoms with van der Waals surface area (Å²) in [6.07, 6.45) is 5.80. The zero-order chi connectivity index (χ0) is 62.3. The van der Waals surface area contributed by atoms with Crippen LogP contribution in [0.5, 0.6) is 0 Å². The molecule has 2 heterocycles. The second-order valence-corrected chi connectivity index (χ2v) is 20.5. The first-order chi connectivity index (χ1) is 40.7. The summed E-state index contributed by atoms with van der Waals surface area (Å²) in [5.74, 6) is -9.33. The number of carboxylic acids is 2. The number of aliphatic carboxylic acids is 2. The molecule has 18 N–H and O–H groups in total. The molecule has 28 heteroatoms. The van der Waals surface area contributed by atoms with Crippen molar-refractivity contribution in [2.45, 2.75) is 165 Å². The summed E-state index contributed by atoms with van der Waals surface area (Å²) in [6, 6.07) is 4.38. The van der Waals surface area contributed by atoms with Crippen LogP contribution >= 0.6 is 0 Å². The van der Waals surface area contributed by atoms with Crippen LogP contribution in [-0.2, 0) is 72.0 Å². The lowest BCUT2D eigenvalue weighted by Crippen LogP contribution is -2.61. The maximum atomic E-state index is 14.9. The SMILES string of the molecule is CCCC[C@H](NC(C)=O)C(=O)N[C@@H](CC=O)C(=O)N[C@@H](Cc1cnc[nH]1)C(=O)N[C@H](Cc1ccccc1)C(=O)N[C@@H](CCCN=C(N)N)C(=O)N[C@@H](Cc1c[nH]c2ccccc12)C(=O)N[C@@H](CCCCC(=O)O)C(=O)N[C@@H](CCCCN)C(=O)O. The number of aliphatic imine (C=N–C) groups is 1. The van der Waals surface area contributed by atoms with E-state index in [-0.39, 0.29) is 89.7 Å². The smallest absolute Gasteiger partial charge is 0.326 e. The van der Waals surface area contributed by atoms with Gasteiger partial charge in [0.05, 0.1) is 6.33 Å². The molecule has 0 fully saturated rings. The van der Waals surface area contributed by atoms with Crippen LogP contribution < -0.4 is 59.7 Å². The molecule has 4 aromatic rings. The van der Waals surface area contributed by atoms with Gasteiger partial charge in [-0.15, -0.1) is 0 Å². The number of carbonyl (C=O) groups is 11. The van der Waals surface area contributed by atoms with Gasteiger partial charge in [-0.1, -0.05) is 74.7 Å². The van der Waals surface area contributed by atoms with Gasteiger partial charge < -0.3 is 84.7 Å². The van der Waals surface area contributed by atoms with Gasteiger partial charge in [0.2, 0.25) is 47.3 Å². The lowest BCUT2D eigenvalue weighted by atomic mass is 10.0. The first kappa shape index (κ1) is 68.3. The lowest BCUT2D eigenvalue weighted by molar-refractivity contribution is -0.142. The molecule has 0 aliphatic heterocycles. The van der Waals surface area contributed by atoms with Crippen molar-refractivity contribution in [3.05, 3.63) is 90.1 Å². The number of unbranched alkanes of at least 4 members (excludes halogenated alkanes) is 3. The van der Waals surface area contributed by atoms with Gasteiger partial charge in [-0.05, 0) is 75.1 Å². The molecule has 8 atom stereocenters. The van der Waals surface area contributed by atoms with Crippen LogP contribution in [0.2, 0.25) is 0 Å². The minimum Gasteiger partial charge on any atom is -0.481 e. The number of aldehydes is 1. The van der Waals surface area contributed by atoms with Gasteiger partial charge in [-0.3, -0.25) is 48.1 Å². The van der Waals surface area contributed by atoms with E-state index in [1.54, 1.807) is 60.8 Å². The van der Waals surface area contributed by atoms with Crippen LogP contribution in [-0.4, -0.2) is 158 Å². The van der Waals surface area contributed by atoms with Crippen LogP contribution in [0.1, 0.15) is 114 Å². The van der Waals surface area contributed by atoms with E-state index in [9.17, 15) is 63.0 Å². The second-order valence-electron chi connectivity index (χ2n) is 20.5. The van der Waals surface area contributed by atoms with Crippen LogP contribution in [0.25, 0.3) is 10.9 Å². The van der Waals surface area contributed by atoms with Crippen molar-refractivity contribution in [1.82, 2.24) is 57.5 Å². The molecule has 2 aromatic carbocycles. The average molecular weight is 1180 g/mol. The lowest BCUT2D eigenvalue weighted by Gasteiger charge is -2.28. The normalized spacial score (nSPS) is 13.8. The second kappa shape index (κ2) is 36.4. The highest BCUT2D eigenvalue weighted by Gasteiger charge is 2.35. The molecule has 2 aromatic heterocycles. The van der Waals surface area contributed by atoms with E-state index in [0.717, 1.165) is 0 Å². The molecule has 0 radical (unpaired) electrons. The number of nitrogens with two attached hydrogens (primary N) is 3. The summed E-state index contributed by atoms with van der Waals surface area (Å²) >= 11 is 0. The van der Waals surface area contributed by atoms with Crippen LogP contribution in [0.4, 0.5) is 0 Å². The van der Waals surface area contributed by atoms with Gasteiger partial charge >= 0.3 is 11.9 Å². The fourth-order valence-electron chi connectivity index (χ4n) is 9.19. The van der Waals surface area contributed by atoms with Gasteiger partial charge in [0.25, 0.3) is 0 Å². The number of imidazole rings is 1. The molecule has 85 heavy (non-hydrogen) atoms. The number of benzene rings is 2. The molecule has 0 aliphatic carbocycles. The summed E-state index contributed by atoms with van der Waals surface area (Å²) in [4.78, 5) is 162. The largest absolute Gasteiger partial charge is 0.481 e. The number of rotatable bonds is 40. The number of nitrogens with zero attached hydrogens (tertiary/aromatic N) is 2. The summed E-state index contributed by atoms with van der Waals surface area (Å²) in [7, 11) is 0. The Morgan fingerprint density at radius 1 is 0.588 bits per heavy atom. The van der Waals surface area contributed by atoms with Crippen molar-refractivity contribution in [2.24, 2.45) is 22.2 Å². The molecular formula is C57H81N15O13. The van der Waals surface area contributed by atoms with Crippen molar-refractivity contribution in [2.75, 3.05) is 13.1 Å². The number of hydrogen-bond acceptors (Lipinski definition) is 14.